The number of carbonyl (C=O) groups excluding carboxylic acids is 1. The lowest BCUT2D eigenvalue weighted by atomic mass is 10.1. The minimum atomic E-state index is 0.0332. The zero-order valence-electron chi connectivity index (χ0n) is 16.9. The lowest BCUT2D eigenvalue weighted by Gasteiger charge is -2.44. The standard InChI is InChI=1S/C20H34N4O2/c1-16-14-23(15-17(2)24(16)13-12-22(3)4)20(25)21-11-10-18-8-6-7-9-19(18)26-5/h6-9,16-17H,10-15H2,1-5H3,(H,21,25). The Balaban J connectivity index is 1.81. The first kappa shape index (κ1) is 20.5. The van der Waals surface area contributed by atoms with Gasteiger partial charge in [-0.1, -0.05) is 18.2 Å². The number of carbonyl (C=O) groups is 1. The van der Waals surface area contributed by atoms with Crippen LogP contribution in [0.4, 0.5) is 4.79 Å². The quantitative estimate of drug-likeness (QED) is 0.805. The lowest BCUT2D eigenvalue weighted by Crippen LogP contribution is -2.60. The fraction of sp³-hybridized carbons (Fsp3) is 0.650. The molecule has 0 bridgehead atoms. The number of urea groups is 1. The molecule has 0 aliphatic carbocycles. The molecule has 1 aliphatic heterocycles. The number of hydrogen-bond acceptors (Lipinski definition) is 4. The average molecular weight is 363 g/mol. The molecule has 1 saturated heterocycles. The Morgan fingerprint density at radius 3 is 2.50 bits per heavy atom. The molecule has 6 nitrogen and oxygen atoms in total. The molecule has 2 atom stereocenters. The number of para-hydroxylation sites is 1. The number of nitrogens with one attached hydrogen (secondary N) is 1. The molecule has 1 aliphatic rings. The van der Waals surface area contributed by atoms with Gasteiger partial charge < -0.3 is 19.9 Å². The smallest absolute Gasteiger partial charge is 0.317 e. The summed E-state index contributed by atoms with van der Waals surface area (Å²) in [5, 5.41) is 3.06. The van der Waals surface area contributed by atoms with E-state index in [2.05, 4.69) is 43.1 Å². The van der Waals surface area contributed by atoms with Gasteiger partial charge >= 0.3 is 6.03 Å². The van der Waals surface area contributed by atoms with Crippen molar-refractivity contribution in [1.29, 1.82) is 0 Å². The molecule has 1 aromatic carbocycles. The zero-order chi connectivity index (χ0) is 19.1. The number of piperazine rings is 1. The molecule has 0 radical (unpaired) electrons. The van der Waals surface area contributed by atoms with Crippen LogP contribution in [0.1, 0.15) is 19.4 Å². The van der Waals surface area contributed by atoms with Gasteiger partial charge in [-0.3, -0.25) is 4.90 Å². The van der Waals surface area contributed by atoms with Crippen molar-refractivity contribution in [1.82, 2.24) is 20.0 Å². The predicted molar refractivity (Wildman–Crippen MR) is 106 cm³/mol. The van der Waals surface area contributed by atoms with Gasteiger partial charge in [-0.15, -0.1) is 0 Å². The Labute approximate surface area is 158 Å². The van der Waals surface area contributed by atoms with E-state index in [1.165, 1.54) is 0 Å². The number of ether oxygens (including phenoxy) is 1. The third-order valence-electron chi connectivity index (χ3n) is 5.06. The molecule has 1 heterocycles. The zero-order valence-corrected chi connectivity index (χ0v) is 16.9. The van der Waals surface area contributed by atoms with Gasteiger partial charge in [0.05, 0.1) is 7.11 Å². The third kappa shape index (κ3) is 5.61. The van der Waals surface area contributed by atoms with Crippen LogP contribution in [0.25, 0.3) is 0 Å². The van der Waals surface area contributed by atoms with E-state index in [-0.39, 0.29) is 6.03 Å². The van der Waals surface area contributed by atoms with E-state index in [1.807, 2.05) is 29.2 Å². The largest absolute Gasteiger partial charge is 0.496 e. The topological polar surface area (TPSA) is 48.1 Å². The summed E-state index contributed by atoms with van der Waals surface area (Å²) in [5.74, 6) is 0.874. The fourth-order valence-corrected chi connectivity index (χ4v) is 3.60. The van der Waals surface area contributed by atoms with Gasteiger partial charge in [0.2, 0.25) is 0 Å². The second-order valence-corrected chi connectivity index (χ2v) is 7.44. The summed E-state index contributed by atoms with van der Waals surface area (Å²) in [4.78, 5) is 19.2. The van der Waals surface area contributed by atoms with Crippen LogP contribution in [0.3, 0.4) is 0 Å². The Hall–Kier alpha value is -1.79. The highest BCUT2D eigenvalue weighted by Gasteiger charge is 2.31. The van der Waals surface area contributed by atoms with Crippen LogP contribution in [-0.4, -0.2) is 86.7 Å². The molecule has 146 valence electrons. The first-order chi connectivity index (χ1) is 12.4. The van der Waals surface area contributed by atoms with Crippen molar-refractivity contribution in [3.8, 4) is 5.75 Å². The molecule has 0 spiro atoms. The van der Waals surface area contributed by atoms with Gasteiger partial charge in [-0.05, 0) is 46.0 Å². The van der Waals surface area contributed by atoms with Crippen LogP contribution in [0.5, 0.6) is 5.75 Å². The number of methoxy groups -OCH3 is 1. The van der Waals surface area contributed by atoms with E-state index >= 15 is 0 Å². The Morgan fingerprint density at radius 2 is 1.88 bits per heavy atom. The molecule has 2 amide bonds. The number of benzene rings is 1. The SMILES string of the molecule is COc1ccccc1CCNC(=O)N1CC(C)N(CCN(C)C)C(C)C1. The summed E-state index contributed by atoms with van der Waals surface area (Å²) in [6, 6.07) is 8.73. The van der Waals surface area contributed by atoms with Crippen molar-refractivity contribution in [2.45, 2.75) is 32.4 Å². The normalized spacial score (nSPS) is 21.1. The maximum Gasteiger partial charge on any atom is 0.317 e. The van der Waals surface area contributed by atoms with Crippen LogP contribution in [-0.2, 0) is 6.42 Å². The van der Waals surface area contributed by atoms with E-state index in [1.54, 1.807) is 7.11 Å². The molecular formula is C20H34N4O2. The molecule has 1 fully saturated rings. The molecule has 1 aromatic rings. The number of nitrogens with zero attached hydrogens (tertiary/aromatic N) is 3. The van der Waals surface area contributed by atoms with E-state index in [0.717, 1.165) is 43.9 Å². The molecule has 0 saturated carbocycles. The van der Waals surface area contributed by atoms with Gasteiger partial charge in [0.1, 0.15) is 5.75 Å². The molecule has 2 rings (SSSR count). The fourth-order valence-electron chi connectivity index (χ4n) is 3.60. The highest BCUT2D eigenvalue weighted by Crippen LogP contribution is 2.18. The molecular weight excluding hydrogens is 328 g/mol. The third-order valence-corrected chi connectivity index (χ3v) is 5.06. The highest BCUT2D eigenvalue weighted by atomic mass is 16.5. The van der Waals surface area contributed by atoms with Crippen LogP contribution in [0.2, 0.25) is 0 Å². The van der Waals surface area contributed by atoms with Crippen molar-refractivity contribution >= 4 is 6.03 Å². The summed E-state index contributed by atoms with van der Waals surface area (Å²) in [6.45, 7) is 8.67. The Kier molecular flexibility index (Phi) is 7.72. The van der Waals surface area contributed by atoms with Crippen LogP contribution >= 0.6 is 0 Å². The Morgan fingerprint density at radius 1 is 1.23 bits per heavy atom. The summed E-state index contributed by atoms with van der Waals surface area (Å²) < 4.78 is 5.37. The van der Waals surface area contributed by atoms with Gasteiger partial charge in [-0.25, -0.2) is 4.79 Å². The van der Waals surface area contributed by atoms with E-state index in [0.29, 0.717) is 18.6 Å². The van der Waals surface area contributed by atoms with Crippen molar-refractivity contribution < 1.29 is 9.53 Å². The maximum absolute atomic E-state index is 12.6. The van der Waals surface area contributed by atoms with Crippen LogP contribution in [0, 0.1) is 0 Å². The summed E-state index contributed by atoms with van der Waals surface area (Å²) in [5.41, 5.74) is 1.12. The number of hydrogen-bond donors (Lipinski definition) is 1. The number of rotatable bonds is 7. The van der Waals surface area contributed by atoms with Crippen LogP contribution in [0.15, 0.2) is 24.3 Å². The predicted octanol–water partition coefficient (Wildman–Crippen LogP) is 1.90. The average Bonchev–Trinajstić information content (AvgIpc) is 2.60. The van der Waals surface area contributed by atoms with Crippen LogP contribution < -0.4 is 10.1 Å². The highest BCUT2D eigenvalue weighted by molar-refractivity contribution is 5.74. The first-order valence-corrected chi connectivity index (χ1v) is 9.47. The summed E-state index contributed by atoms with van der Waals surface area (Å²) in [7, 11) is 5.87. The van der Waals surface area contributed by atoms with Crippen molar-refractivity contribution in [3.63, 3.8) is 0 Å². The summed E-state index contributed by atoms with van der Waals surface area (Å²) >= 11 is 0. The van der Waals surface area contributed by atoms with E-state index < -0.39 is 0 Å². The molecule has 26 heavy (non-hydrogen) atoms. The molecule has 6 heteroatoms. The minimum Gasteiger partial charge on any atom is -0.496 e. The van der Waals surface area contributed by atoms with Crippen molar-refractivity contribution in [2.24, 2.45) is 0 Å². The minimum absolute atomic E-state index is 0.0332. The second kappa shape index (κ2) is 9.78. The Bertz CT molecular complexity index is 567. The summed E-state index contributed by atoms with van der Waals surface area (Å²) in [6.07, 6.45) is 0.768. The van der Waals surface area contributed by atoms with Gasteiger partial charge in [0.25, 0.3) is 0 Å². The van der Waals surface area contributed by atoms with Gasteiger partial charge in [-0.2, -0.15) is 0 Å². The van der Waals surface area contributed by atoms with E-state index in [9.17, 15) is 4.79 Å². The van der Waals surface area contributed by atoms with Gasteiger partial charge in [0.15, 0.2) is 0 Å². The second-order valence-electron chi connectivity index (χ2n) is 7.44. The van der Waals surface area contributed by atoms with Gasteiger partial charge in [0, 0.05) is 44.8 Å². The monoisotopic (exact) mass is 362 g/mol. The molecule has 2 unspecified atom stereocenters. The lowest BCUT2D eigenvalue weighted by molar-refractivity contribution is 0.0508. The van der Waals surface area contributed by atoms with E-state index in [4.69, 9.17) is 4.74 Å². The number of amides is 2. The van der Waals surface area contributed by atoms with Crippen molar-refractivity contribution in [3.05, 3.63) is 29.8 Å². The molecule has 0 aromatic heterocycles. The molecule has 1 N–H and O–H groups in total. The first-order valence-electron chi connectivity index (χ1n) is 9.47. The number of likely N-dealkylation sites (N-methyl/N-ethyl adjacent to an activating group) is 1. The van der Waals surface area contributed by atoms with Crippen molar-refractivity contribution in [2.75, 3.05) is 53.9 Å². The maximum atomic E-state index is 12.6.